The first-order valence-electron chi connectivity index (χ1n) is 9.04. The Bertz CT molecular complexity index is 726. The molecule has 154 valence electrons. The van der Waals surface area contributed by atoms with Crippen LogP contribution in [0.4, 0.5) is 0 Å². The van der Waals surface area contributed by atoms with Gasteiger partial charge in [0.2, 0.25) is 5.91 Å². The van der Waals surface area contributed by atoms with Crippen molar-refractivity contribution in [1.82, 2.24) is 10.6 Å². The van der Waals surface area contributed by atoms with E-state index < -0.39 is 48.2 Å². The van der Waals surface area contributed by atoms with Gasteiger partial charge >= 0.3 is 29.6 Å². The molecule has 0 aromatic heterocycles. The molecule has 4 N–H and O–H groups in total. The number of carbonyl (C=O) groups is 3. The summed E-state index contributed by atoms with van der Waals surface area (Å²) in [5.41, 5.74) is 0.512. The number of aliphatic carboxylic acids is 1. The zero-order chi connectivity index (χ0) is 21.0. The third kappa shape index (κ3) is 7.27. The van der Waals surface area contributed by atoms with Crippen LogP contribution >= 0.6 is 0 Å². The molecule has 0 bridgehead atoms. The minimum absolute atomic E-state index is 0. The van der Waals surface area contributed by atoms with Gasteiger partial charge in [-0.2, -0.15) is 0 Å². The van der Waals surface area contributed by atoms with E-state index in [0.717, 1.165) is 0 Å². The molecule has 1 aliphatic rings. The second-order valence-electron chi connectivity index (χ2n) is 7.32. The molecule has 0 aliphatic carbocycles. The Kier molecular flexibility index (Phi) is 9.57. The van der Waals surface area contributed by atoms with Gasteiger partial charge in [-0.25, -0.2) is 0 Å². The van der Waals surface area contributed by atoms with Gasteiger partial charge in [0.1, 0.15) is 17.9 Å². The molecule has 0 radical (unpaired) electrons. The molecular weight excluding hydrogens is 391 g/mol. The predicted octanol–water partition coefficient (Wildman–Crippen LogP) is -4.02. The van der Waals surface area contributed by atoms with Crippen LogP contribution in [0.3, 0.4) is 0 Å². The minimum Gasteiger partial charge on any atom is -0.547 e. The first-order valence-corrected chi connectivity index (χ1v) is 9.04. The maximum atomic E-state index is 12.6. The summed E-state index contributed by atoms with van der Waals surface area (Å²) in [7, 11) is 0. The molecule has 1 saturated heterocycles. The molecule has 0 spiro atoms. The third-order valence-corrected chi connectivity index (χ3v) is 4.40. The molecule has 2 amide bonds. The van der Waals surface area contributed by atoms with Crippen molar-refractivity contribution in [3.05, 3.63) is 29.8 Å². The van der Waals surface area contributed by atoms with Crippen molar-refractivity contribution < 1.29 is 64.0 Å². The molecule has 2 rings (SSSR count). The van der Waals surface area contributed by atoms with Gasteiger partial charge in [0.05, 0.1) is 18.1 Å². The Morgan fingerprint density at radius 2 is 1.69 bits per heavy atom. The number of hydrogen-bond acceptors (Lipinski definition) is 7. The van der Waals surface area contributed by atoms with Crippen LogP contribution in [0.5, 0.6) is 5.75 Å². The zero-order valence-electron chi connectivity index (χ0n) is 16.9. The summed E-state index contributed by atoms with van der Waals surface area (Å²) in [6.07, 6.45) is -3.15. The number of epoxide rings is 1. The van der Waals surface area contributed by atoms with Crippen LogP contribution in [0.25, 0.3) is 0 Å². The maximum Gasteiger partial charge on any atom is 1.00 e. The smallest absolute Gasteiger partial charge is 0.547 e. The Hall–Kier alpha value is -1.65. The number of aliphatic hydroxyl groups excluding tert-OH is 1. The van der Waals surface area contributed by atoms with Crippen LogP contribution in [-0.4, -0.2) is 52.3 Å². The Morgan fingerprint density at radius 3 is 2.17 bits per heavy atom. The summed E-state index contributed by atoms with van der Waals surface area (Å²) in [4.78, 5) is 35.4. The Labute approximate surface area is 191 Å². The number of aromatic hydroxyl groups is 1. The van der Waals surface area contributed by atoms with Crippen molar-refractivity contribution in [2.24, 2.45) is 5.92 Å². The fraction of sp³-hybridized carbons (Fsp3) is 0.526. The van der Waals surface area contributed by atoms with E-state index in [0.29, 0.717) is 12.0 Å². The van der Waals surface area contributed by atoms with E-state index in [1.807, 2.05) is 13.8 Å². The number of amides is 2. The van der Waals surface area contributed by atoms with Gasteiger partial charge in [0.25, 0.3) is 5.91 Å². The molecule has 3 unspecified atom stereocenters. The van der Waals surface area contributed by atoms with Crippen LogP contribution in [0, 0.1) is 5.92 Å². The maximum absolute atomic E-state index is 12.6. The second kappa shape index (κ2) is 10.9. The number of carboxylic acid groups (broad SMARTS) is 1. The van der Waals surface area contributed by atoms with Crippen molar-refractivity contribution in [3.63, 3.8) is 0 Å². The van der Waals surface area contributed by atoms with E-state index in [4.69, 9.17) is 4.74 Å². The van der Waals surface area contributed by atoms with Crippen LogP contribution in [0.15, 0.2) is 24.3 Å². The minimum atomic E-state index is -1.48. The summed E-state index contributed by atoms with van der Waals surface area (Å²) in [6.45, 7) is 5.36. The molecule has 29 heavy (non-hydrogen) atoms. The second-order valence-corrected chi connectivity index (χ2v) is 7.32. The van der Waals surface area contributed by atoms with E-state index in [1.165, 1.54) is 12.1 Å². The quantitative estimate of drug-likeness (QED) is 0.236. The SMILES string of the molecule is CC(C)CC(NC(=O)[C@H]1O[C@@H]1C(=O)[O-])C(=O)NC(C)C(O)c1ccc(O)cc1.[Na+]. The Balaban J connectivity index is 0.00000420. The first-order chi connectivity index (χ1) is 13.1. The molecule has 10 heteroatoms. The molecule has 1 aromatic rings. The van der Waals surface area contributed by atoms with E-state index in [2.05, 4.69) is 10.6 Å². The summed E-state index contributed by atoms with van der Waals surface area (Å²) in [6, 6.07) is 4.36. The fourth-order valence-electron chi connectivity index (χ4n) is 2.81. The van der Waals surface area contributed by atoms with Gasteiger partial charge in [-0.05, 0) is 37.0 Å². The number of hydrogen-bond donors (Lipinski definition) is 4. The van der Waals surface area contributed by atoms with Gasteiger partial charge in [-0.1, -0.05) is 26.0 Å². The summed E-state index contributed by atoms with van der Waals surface area (Å²) in [5.74, 6) is -2.54. The van der Waals surface area contributed by atoms with Crippen molar-refractivity contribution in [2.75, 3.05) is 0 Å². The zero-order valence-corrected chi connectivity index (χ0v) is 18.9. The number of aliphatic hydroxyl groups is 1. The average Bonchev–Trinajstić information content (AvgIpc) is 3.41. The number of rotatable bonds is 9. The van der Waals surface area contributed by atoms with Gasteiger partial charge in [-0.15, -0.1) is 0 Å². The summed E-state index contributed by atoms with van der Waals surface area (Å²) >= 11 is 0. The van der Waals surface area contributed by atoms with Crippen molar-refractivity contribution in [2.45, 2.75) is 57.6 Å². The van der Waals surface area contributed by atoms with Crippen LogP contribution in [0.2, 0.25) is 0 Å². The largest absolute Gasteiger partial charge is 1.00 e. The van der Waals surface area contributed by atoms with Crippen LogP contribution < -0.4 is 45.3 Å². The number of phenolic OH excluding ortho intramolecular Hbond substituents is 1. The summed E-state index contributed by atoms with van der Waals surface area (Å²) < 4.78 is 4.75. The van der Waals surface area contributed by atoms with Crippen molar-refractivity contribution >= 4 is 17.8 Å². The standard InChI is InChI=1S/C19H26N2O7.Na/c1-9(2)8-13(21-18(25)15-16(28-15)19(26)27)17(24)20-10(3)14(23)11-4-6-12(22)7-5-11;/h4-7,9-10,13-16,22-23H,8H2,1-3H3,(H,20,24)(H,21,25)(H,26,27);/q;+1/p-1/t10?,13?,14?,15-,16-;/m0./s1. The molecule has 0 saturated carbocycles. The predicted molar refractivity (Wildman–Crippen MR) is 95.7 cm³/mol. The molecule has 1 heterocycles. The van der Waals surface area contributed by atoms with Gasteiger partial charge in [0.15, 0.2) is 6.10 Å². The molecule has 1 aliphatic heterocycles. The van der Waals surface area contributed by atoms with E-state index >= 15 is 0 Å². The number of carbonyl (C=O) groups excluding carboxylic acids is 3. The topological polar surface area (TPSA) is 151 Å². The van der Waals surface area contributed by atoms with Crippen molar-refractivity contribution in [1.29, 1.82) is 0 Å². The number of benzene rings is 1. The normalized spacial score (nSPS) is 20.7. The first kappa shape index (κ1) is 25.4. The monoisotopic (exact) mass is 416 g/mol. The summed E-state index contributed by atoms with van der Waals surface area (Å²) in [5, 5.41) is 35.6. The number of phenols is 1. The molecule has 5 atom stereocenters. The molecule has 1 fully saturated rings. The fourth-order valence-corrected chi connectivity index (χ4v) is 2.81. The van der Waals surface area contributed by atoms with E-state index in [-0.39, 0.29) is 41.2 Å². The van der Waals surface area contributed by atoms with Gasteiger partial charge in [-0.3, -0.25) is 9.59 Å². The van der Waals surface area contributed by atoms with Crippen molar-refractivity contribution in [3.8, 4) is 5.75 Å². The van der Waals surface area contributed by atoms with Gasteiger partial charge < -0.3 is 35.5 Å². The van der Waals surface area contributed by atoms with Gasteiger partial charge in [0, 0.05) is 0 Å². The third-order valence-electron chi connectivity index (χ3n) is 4.40. The number of carboxylic acids is 1. The Morgan fingerprint density at radius 1 is 1.10 bits per heavy atom. The molecule has 9 nitrogen and oxygen atoms in total. The number of ether oxygens (including phenoxy) is 1. The average molecular weight is 416 g/mol. The molecule has 1 aromatic carbocycles. The molecular formula is C19H25N2NaO7. The van der Waals surface area contributed by atoms with Crippen LogP contribution in [0.1, 0.15) is 38.9 Å². The van der Waals surface area contributed by atoms with E-state index in [1.54, 1.807) is 19.1 Å². The van der Waals surface area contributed by atoms with Crippen LogP contribution in [-0.2, 0) is 19.1 Å². The van der Waals surface area contributed by atoms with E-state index in [9.17, 15) is 29.7 Å². The number of nitrogens with one attached hydrogen (secondary N) is 2.